The second-order valence-electron chi connectivity index (χ2n) is 11.4. The molecular weight excluding hydrogens is 496 g/mol. The van der Waals surface area contributed by atoms with Crippen LogP contribution in [0.15, 0.2) is 36.5 Å². The van der Waals surface area contributed by atoms with Crippen LogP contribution < -0.4 is 0 Å². The van der Waals surface area contributed by atoms with E-state index in [0.717, 1.165) is 77.4 Å². The molecule has 3 fully saturated rings. The fraction of sp³-hybridized carbons (Fsp3) is 0.781. The van der Waals surface area contributed by atoms with Gasteiger partial charge in [0.05, 0.1) is 24.9 Å². The number of allylic oxidation sites excluding steroid dienone is 3. The van der Waals surface area contributed by atoms with Gasteiger partial charge in [-0.1, -0.05) is 56.6 Å². The third kappa shape index (κ3) is 11.1. The van der Waals surface area contributed by atoms with Crippen molar-refractivity contribution in [3.05, 3.63) is 36.5 Å². The molecule has 222 valence electrons. The first-order valence-electron chi connectivity index (χ1n) is 15.3. The van der Waals surface area contributed by atoms with E-state index in [1.807, 2.05) is 6.08 Å². The van der Waals surface area contributed by atoms with E-state index in [-0.39, 0.29) is 36.5 Å². The highest BCUT2D eigenvalue weighted by Gasteiger charge is 2.43. The lowest BCUT2D eigenvalue weighted by molar-refractivity contribution is -0.208. The van der Waals surface area contributed by atoms with Crippen LogP contribution in [0, 0.1) is 11.8 Å². The maximum atomic E-state index is 11.3. The standard InChI is InChI=1S/C32H52O7/c1-4-5-12-20-32(2,39-31-18-11-14-23-37-31)21-19-26-25(15-8-6-7-9-16-29(34)35-3)27(33)24-28(26)38-30-17-10-13-22-36-30/h6,8-9,16,19,21,25-28,30-31,33H,4-5,7,10-15,17-18,20,22-24H2,1-3H3/b8-6-,16-9+,21-19+/t25-,26-,27+,28-,30?,31?,32?/m1/s1. The SMILES string of the molecule is CCCCCC(C)(/C=C/[C@@H]1[C@@H](C/C=C\C/C=C/C(=O)OC)[C@@H](O)C[C@H]1OC1CCCCO1)OC1CCCCO1. The average molecular weight is 549 g/mol. The van der Waals surface area contributed by atoms with Gasteiger partial charge in [-0.2, -0.15) is 0 Å². The Morgan fingerprint density at radius 3 is 2.44 bits per heavy atom. The van der Waals surface area contributed by atoms with Gasteiger partial charge in [-0.25, -0.2) is 4.79 Å². The number of hydrogen-bond donors (Lipinski definition) is 1. The minimum absolute atomic E-state index is 0.0292. The molecule has 0 radical (unpaired) electrons. The van der Waals surface area contributed by atoms with E-state index in [9.17, 15) is 9.90 Å². The van der Waals surface area contributed by atoms with Gasteiger partial charge in [-0.05, 0) is 70.6 Å². The summed E-state index contributed by atoms with van der Waals surface area (Å²) in [6, 6.07) is 0. The van der Waals surface area contributed by atoms with Crippen molar-refractivity contribution in [1.82, 2.24) is 0 Å². The highest BCUT2D eigenvalue weighted by Crippen LogP contribution is 2.40. The fourth-order valence-corrected chi connectivity index (χ4v) is 5.83. The number of carbonyl (C=O) groups excluding carboxylic acids is 1. The van der Waals surface area contributed by atoms with Gasteiger partial charge >= 0.3 is 5.97 Å². The predicted molar refractivity (Wildman–Crippen MR) is 152 cm³/mol. The lowest BCUT2D eigenvalue weighted by Crippen LogP contribution is -2.36. The Kier molecular flexibility index (Phi) is 14.2. The number of aliphatic hydroxyl groups is 1. The van der Waals surface area contributed by atoms with Gasteiger partial charge in [0, 0.05) is 31.6 Å². The molecule has 0 aromatic heterocycles. The molecule has 2 aliphatic heterocycles. The molecule has 7 nitrogen and oxygen atoms in total. The Morgan fingerprint density at radius 1 is 1.03 bits per heavy atom. The van der Waals surface area contributed by atoms with Crippen molar-refractivity contribution in [3.8, 4) is 0 Å². The van der Waals surface area contributed by atoms with Gasteiger partial charge in [0.2, 0.25) is 0 Å². The van der Waals surface area contributed by atoms with Gasteiger partial charge in [0.25, 0.3) is 0 Å². The van der Waals surface area contributed by atoms with Gasteiger partial charge < -0.3 is 28.8 Å². The van der Waals surface area contributed by atoms with Crippen LogP contribution in [0.25, 0.3) is 0 Å². The Hall–Kier alpha value is -1.51. The van der Waals surface area contributed by atoms with Crippen molar-refractivity contribution in [2.45, 2.75) is 128 Å². The van der Waals surface area contributed by atoms with Gasteiger partial charge in [0.15, 0.2) is 12.6 Å². The van der Waals surface area contributed by atoms with E-state index in [1.165, 1.54) is 19.6 Å². The van der Waals surface area contributed by atoms with Crippen LogP contribution >= 0.6 is 0 Å². The third-order valence-electron chi connectivity index (χ3n) is 8.14. The van der Waals surface area contributed by atoms with E-state index in [1.54, 1.807) is 6.08 Å². The van der Waals surface area contributed by atoms with Crippen molar-refractivity contribution in [2.75, 3.05) is 20.3 Å². The van der Waals surface area contributed by atoms with Crippen molar-refractivity contribution in [2.24, 2.45) is 11.8 Å². The molecule has 1 aliphatic carbocycles. The van der Waals surface area contributed by atoms with Gasteiger partial charge in [-0.3, -0.25) is 0 Å². The first-order chi connectivity index (χ1) is 18.9. The Balaban J connectivity index is 1.73. The van der Waals surface area contributed by atoms with Crippen molar-refractivity contribution < 1.29 is 33.6 Å². The molecule has 0 spiro atoms. The summed E-state index contributed by atoms with van der Waals surface area (Å²) in [7, 11) is 1.37. The smallest absolute Gasteiger partial charge is 0.330 e. The minimum Gasteiger partial charge on any atom is -0.466 e. The Morgan fingerprint density at radius 2 is 1.77 bits per heavy atom. The molecule has 1 saturated carbocycles. The second-order valence-corrected chi connectivity index (χ2v) is 11.4. The molecule has 3 unspecified atom stereocenters. The summed E-state index contributed by atoms with van der Waals surface area (Å²) in [6.45, 7) is 5.88. The average Bonchev–Trinajstić information content (AvgIpc) is 3.23. The molecule has 39 heavy (non-hydrogen) atoms. The number of carbonyl (C=O) groups is 1. The molecule has 1 N–H and O–H groups in total. The summed E-state index contributed by atoms with van der Waals surface area (Å²) in [6.07, 6.45) is 23.4. The van der Waals surface area contributed by atoms with Crippen LogP contribution in [0.3, 0.4) is 0 Å². The number of esters is 1. The van der Waals surface area contributed by atoms with Gasteiger partial charge in [-0.15, -0.1) is 0 Å². The molecule has 7 heteroatoms. The molecule has 0 bridgehead atoms. The number of aliphatic hydroxyl groups excluding tert-OH is 1. The largest absolute Gasteiger partial charge is 0.466 e. The Bertz CT molecular complexity index is 781. The highest BCUT2D eigenvalue weighted by atomic mass is 16.7. The molecule has 7 atom stereocenters. The van der Waals surface area contributed by atoms with Crippen LogP contribution in [0.4, 0.5) is 0 Å². The fourth-order valence-electron chi connectivity index (χ4n) is 5.83. The number of methoxy groups -OCH3 is 1. The van der Waals surface area contributed by atoms with Gasteiger partial charge in [0.1, 0.15) is 0 Å². The number of ether oxygens (including phenoxy) is 5. The summed E-state index contributed by atoms with van der Waals surface area (Å²) < 4.78 is 29.5. The number of rotatable bonds is 15. The molecule has 0 aromatic carbocycles. The quantitative estimate of drug-likeness (QED) is 0.110. The molecule has 0 amide bonds. The third-order valence-corrected chi connectivity index (χ3v) is 8.14. The summed E-state index contributed by atoms with van der Waals surface area (Å²) in [5.41, 5.74) is -0.435. The van der Waals surface area contributed by atoms with Crippen molar-refractivity contribution in [1.29, 1.82) is 0 Å². The van der Waals surface area contributed by atoms with Crippen LogP contribution in [-0.2, 0) is 28.5 Å². The first kappa shape index (κ1) is 32.0. The molecule has 0 aromatic rings. The molecule has 3 aliphatic rings. The normalized spacial score (nSPS) is 31.8. The molecule has 2 heterocycles. The van der Waals surface area contributed by atoms with E-state index >= 15 is 0 Å². The van der Waals surface area contributed by atoms with E-state index in [0.29, 0.717) is 12.8 Å². The van der Waals surface area contributed by atoms with Crippen LogP contribution in [0.5, 0.6) is 0 Å². The van der Waals surface area contributed by atoms with Crippen molar-refractivity contribution in [3.63, 3.8) is 0 Å². The molecular formula is C32H52O7. The minimum atomic E-state index is -0.461. The topological polar surface area (TPSA) is 83.5 Å². The summed E-state index contributed by atoms with van der Waals surface area (Å²) in [5.74, 6) is -0.281. The Labute approximate surface area is 235 Å². The molecule has 2 saturated heterocycles. The zero-order valence-electron chi connectivity index (χ0n) is 24.4. The van der Waals surface area contributed by atoms with Crippen molar-refractivity contribution >= 4 is 5.97 Å². The molecule has 3 rings (SSSR count). The highest BCUT2D eigenvalue weighted by molar-refractivity contribution is 5.81. The lowest BCUT2D eigenvalue weighted by atomic mass is 9.87. The summed E-state index contributed by atoms with van der Waals surface area (Å²) >= 11 is 0. The predicted octanol–water partition coefficient (Wildman–Crippen LogP) is 6.40. The van der Waals surface area contributed by atoms with Crippen LogP contribution in [-0.4, -0.2) is 61.8 Å². The summed E-state index contributed by atoms with van der Waals surface area (Å²) in [5, 5.41) is 11.1. The van der Waals surface area contributed by atoms with Crippen LogP contribution in [0.2, 0.25) is 0 Å². The number of hydrogen-bond acceptors (Lipinski definition) is 7. The van der Waals surface area contributed by atoms with E-state index < -0.39 is 11.7 Å². The number of unbranched alkanes of at least 4 members (excludes halogenated alkanes) is 2. The van der Waals surface area contributed by atoms with Crippen LogP contribution in [0.1, 0.15) is 97.3 Å². The zero-order chi connectivity index (χ0) is 27.9. The zero-order valence-corrected chi connectivity index (χ0v) is 24.4. The van der Waals surface area contributed by atoms with E-state index in [2.05, 4.69) is 36.8 Å². The maximum Gasteiger partial charge on any atom is 0.330 e. The lowest BCUT2D eigenvalue weighted by Gasteiger charge is -2.34. The summed E-state index contributed by atoms with van der Waals surface area (Å²) in [4.78, 5) is 11.3. The maximum absolute atomic E-state index is 11.3. The first-order valence-corrected chi connectivity index (χ1v) is 15.3. The second kappa shape index (κ2) is 17.3. The monoisotopic (exact) mass is 548 g/mol. The van der Waals surface area contributed by atoms with E-state index in [4.69, 9.17) is 18.9 Å².